The van der Waals surface area contributed by atoms with Crippen LogP contribution in [-0.2, 0) is 9.53 Å². The number of amides is 1. The predicted molar refractivity (Wildman–Crippen MR) is 76.1 cm³/mol. The van der Waals surface area contributed by atoms with Crippen LogP contribution < -0.4 is 0 Å². The van der Waals surface area contributed by atoms with Crippen molar-refractivity contribution in [3.05, 3.63) is 35.6 Å². The lowest BCUT2D eigenvalue weighted by Gasteiger charge is -2.40. The maximum atomic E-state index is 13.1. The van der Waals surface area contributed by atoms with Crippen molar-refractivity contribution in [2.45, 2.75) is 39.4 Å². The van der Waals surface area contributed by atoms with Gasteiger partial charge in [0.2, 0.25) is 5.91 Å². The molecule has 0 bridgehead atoms. The van der Waals surface area contributed by atoms with Crippen molar-refractivity contribution in [1.29, 1.82) is 0 Å². The number of halogens is 3. The van der Waals surface area contributed by atoms with Crippen molar-refractivity contribution >= 4 is 5.91 Å². The molecule has 2 rings (SSSR count). The smallest absolute Gasteiger partial charge is 0.252 e. The van der Waals surface area contributed by atoms with Crippen LogP contribution in [-0.4, -0.2) is 36.4 Å². The van der Waals surface area contributed by atoms with Crippen LogP contribution in [0.1, 0.15) is 32.4 Å². The summed E-state index contributed by atoms with van der Waals surface area (Å²) >= 11 is 0. The minimum Gasteiger partial charge on any atom is -0.367 e. The van der Waals surface area contributed by atoms with Gasteiger partial charge in [0.05, 0.1) is 12.6 Å². The molecule has 1 aromatic carbocycles. The molecular formula is C16H20F3NO2. The summed E-state index contributed by atoms with van der Waals surface area (Å²) in [5, 5.41) is 0. The van der Waals surface area contributed by atoms with E-state index in [2.05, 4.69) is 0 Å². The summed E-state index contributed by atoms with van der Waals surface area (Å²) < 4.78 is 44.9. The zero-order valence-corrected chi connectivity index (χ0v) is 12.9. The number of alkyl halides is 2. The molecule has 122 valence electrons. The van der Waals surface area contributed by atoms with Crippen LogP contribution in [0.15, 0.2) is 24.3 Å². The maximum absolute atomic E-state index is 13.1. The van der Waals surface area contributed by atoms with E-state index in [-0.39, 0.29) is 25.0 Å². The van der Waals surface area contributed by atoms with Crippen molar-refractivity contribution in [3.63, 3.8) is 0 Å². The highest BCUT2D eigenvalue weighted by Gasteiger charge is 2.42. The summed E-state index contributed by atoms with van der Waals surface area (Å²) in [6.07, 6.45) is -3.45. The summed E-state index contributed by atoms with van der Waals surface area (Å²) in [4.78, 5) is 13.8. The third-order valence-electron chi connectivity index (χ3n) is 3.89. The molecule has 2 atom stereocenters. The highest BCUT2D eigenvalue weighted by atomic mass is 19.3. The zero-order chi connectivity index (χ0) is 16.5. The standard InChI is InChI=1S/C16H20F3NO2/c1-10-8-20(15(21)16(2,3)14(18)19)9-13(22-10)11-4-6-12(17)7-5-11/h4-7,10,13-14H,8-9H2,1-3H3/t10-,13-/m0/s1. The maximum Gasteiger partial charge on any atom is 0.252 e. The zero-order valence-electron chi connectivity index (χ0n) is 12.9. The van der Waals surface area contributed by atoms with E-state index in [9.17, 15) is 18.0 Å². The van der Waals surface area contributed by atoms with Gasteiger partial charge in [0.1, 0.15) is 17.3 Å². The van der Waals surface area contributed by atoms with Gasteiger partial charge in [-0.1, -0.05) is 12.1 Å². The molecule has 0 radical (unpaired) electrons. The fourth-order valence-corrected chi connectivity index (χ4v) is 2.48. The third kappa shape index (κ3) is 3.43. The first kappa shape index (κ1) is 16.8. The molecule has 0 unspecified atom stereocenters. The Hall–Kier alpha value is -1.56. The Bertz CT molecular complexity index is 531. The topological polar surface area (TPSA) is 29.5 Å². The fraction of sp³-hybridized carbons (Fsp3) is 0.562. The van der Waals surface area contributed by atoms with Crippen LogP contribution in [0, 0.1) is 11.2 Å². The van der Waals surface area contributed by atoms with E-state index >= 15 is 0 Å². The summed E-state index contributed by atoms with van der Waals surface area (Å²) in [6.45, 7) is 4.73. The number of ether oxygens (including phenoxy) is 1. The molecule has 6 heteroatoms. The van der Waals surface area contributed by atoms with Crippen LogP contribution in [0.3, 0.4) is 0 Å². The lowest BCUT2D eigenvalue weighted by Crippen LogP contribution is -2.52. The second-order valence-corrected chi connectivity index (χ2v) is 6.22. The van der Waals surface area contributed by atoms with E-state index in [1.165, 1.54) is 30.9 Å². The lowest BCUT2D eigenvalue weighted by molar-refractivity contribution is -0.161. The minimum atomic E-state index is -2.73. The van der Waals surface area contributed by atoms with Gasteiger partial charge < -0.3 is 9.64 Å². The van der Waals surface area contributed by atoms with Crippen molar-refractivity contribution < 1.29 is 22.7 Å². The van der Waals surface area contributed by atoms with Gasteiger partial charge in [0.15, 0.2) is 0 Å². The first-order valence-corrected chi connectivity index (χ1v) is 7.20. The van der Waals surface area contributed by atoms with Crippen LogP contribution in [0.5, 0.6) is 0 Å². The Morgan fingerprint density at radius 3 is 2.41 bits per heavy atom. The molecule has 0 saturated carbocycles. The molecule has 1 aliphatic rings. The van der Waals surface area contributed by atoms with Gasteiger partial charge >= 0.3 is 0 Å². The highest BCUT2D eigenvalue weighted by Crippen LogP contribution is 2.32. The first-order chi connectivity index (χ1) is 10.2. The van der Waals surface area contributed by atoms with E-state index in [1.807, 2.05) is 0 Å². The molecule has 1 amide bonds. The van der Waals surface area contributed by atoms with E-state index in [0.29, 0.717) is 0 Å². The molecule has 22 heavy (non-hydrogen) atoms. The van der Waals surface area contributed by atoms with Crippen molar-refractivity contribution in [1.82, 2.24) is 4.90 Å². The molecule has 1 heterocycles. The monoisotopic (exact) mass is 315 g/mol. The Kier molecular flexibility index (Phi) is 4.80. The first-order valence-electron chi connectivity index (χ1n) is 7.20. The van der Waals surface area contributed by atoms with Gasteiger partial charge in [0.25, 0.3) is 6.43 Å². The normalized spacial score (nSPS) is 23.0. The number of rotatable bonds is 3. The second-order valence-electron chi connectivity index (χ2n) is 6.22. The number of hydrogen-bond acceptors (Lipinski definition) is 2. The molecule has 0 aliphatic carbocycles. The number of morpholine rings is 1. The van der Waals surface area contributed by atoms with Crippen LogP contribution >= 0.6 is 0 Å². The minimum absolute atomic E-state index is 0.185. The Labute approximate surface area is 128 Å². The van der Waals surface area contributed by atoms with Gasteiger partial charge in [-0.3, -0.25) is 4.79 Å². The summed E-state index contributed by atoms with van der Waals surface area (Å²) in [5.74, 6) is -0.955. The summed E-state index contributed by atoms with van der Waals surface area (Å²) in [5.41, 5.74) is -1.01. The number of carbonyl (C=O) groups is 1. The molecule has 0 spiro atoms. The Morgan fingerprint density at radius 2 is 1.86 bits per heavy atom. The lowest BCUT2D eigenvalue weighted by atomic mass is 9.91. The molecule has 1 aromatic rings. The van der Waals surface area contributed by atoms with Crippen LogP contribution in [0.2, 0.25) is 0 Å². The Morgan fingerprint density at radius 1 is 1.27 bits per heavy atom. The van der Waals surface area contributed by atoms with Crippen molar-refractivity contribution in [3.8, 4) is 0 Å². The van der Waals surface area contributed by atoms with Gasteiger partial charge in [-0.2, -0.15) is 0 Å². The molecule has 1 saturated heterocycles. The number of benzene rings is 1. The van der Waals surface area contributed by atoms with Gasteiger partial charge in [-0.05, 0) is 38.5 Å². The number of nitrogens with zero attached hydrogens (tertiary/aromatic N) is 1. The highest BCUT2D eigenvalue weighted by molar-refractivity contribution is 5.82. The van der Waals surface area contributed by atoms with Gasteiger partial charge in [0, 0.05) is 6.54 Å². The number of carbonyl (C=O) groups excluding carboxylic acids is 1. The third-order valence-corrected chi connectivity index (χ3v) is 3.89. The van der Waals surface area contributed by atoms with Gasteiger partial charge in [-0.25, -0.2) is 13.2 Å². The molecule has 1 aliphatic heterocycles. The molecular weight excluding hydrogens is 295 g/mol. The van der Waals surface area contributed by atoms with Crippen LogP contribution in [0.25, 0.3) is 0 Å². The van der Waals surface area contributed by atoms with Crippen molar-refractivity contribution in [2.24, 2.45) is 5.41 Å². The molecule has 3 nitrogen and oxygen atoms in total. The van der Waals surface area contributed by atoms with Gasteiger partial charge in [-0.15, -0.1) is 0 Å². The SMILES string of the molecule is C[C@H]1CN(C(=O)C(C)(C)C(F)F)C[C@@H](c2ccc(F)cc2)O1. The summed E-state index contributed by atoms with van der Waals surface area (Å²) in [6, 6.07) is 5.79. The van der Waals surface area contributed by atoms with E-state index in [4.69, 9.17) is 4.74 Å². The average Bonchev–Trinajstić information content (AvgIpc) is 2.46. The molecule has 0 N–H and O–H groups in total. The largest absolute Gasteiger partial charge is 0.367 e. The van der Waals surface area contributed by atoms with E-state index in [1.54, 1.807) is 19.1 Å². The van der Waals surface area contributed by atoms with E-state index in [0.717, 1.165) is 5.56 Å². The molecule has 1 fully saturated rings. The summed E-state index contributed by atoms with van der Waals surface area (Å²) in [7, 11) is 0. The van der Waals surface area contributed by atoms with Crippen molar-refractivity contribution in [2.75, 3.05) is 13.1 Å². The van der Waals surface area contributed by atoms with Crippen LogP contribution in [0.4, 0.5) is 13.2 Å². The average molecular weight is 315 g/mol. The molecule has 0 aromatic heterocycles. The van der Waals surface area contributed by atoms with E-state index < -0.39 is 23.9 Å². The quantitative estimate of drug-likeness (QED) is 0.855. The Balaban J connectivity index is 2.17. The number of hydrogen-bond donors (Lipinski definition) is 0. The predicted octanol–water partition coefficient (Wildman–Crippen LogP) is 3.41. The fourth-order valence-electron chi connectivity index (χ4n) is 2.48. The second kappa shape index (κ2) is 6.28.